The van der Waals surface area contributed by atoms with Crippen LogP contribution in [0.3, 0.4) is 0 Å². The lowest BCUT2D eigenvalue weighted by Crippen LogP contribution is -2.64. The Bertz CT molecular complexity index is 1190. The summed E-state index contributed by atoms with van der Waals surface area (Å²) in [6.45, 7) is 6.71. The van der Waals surface area contributed by atoms with Crippen LogP contribution in [0.15, 0.2) is 48.5 Å². The first-order valence-corrected chi connectivity index (χ1v) is 12.5. The highest BCUT2D eigenvalue weighted by molar-refractivity contribution is 6.16. The number of carbonyl (C=O) groups excluding carboxylic acids is 2. The van der Waals surface area contributed by atoms with E-state index in [9.17, 15) is 32.7 Å². The van der Waals surface area contributed by atoms with Gasteiger partial charge in [0.05, 0.1) is 23.2 Å². The highest BCUT2D eigenvalue weighted by atomic mass is 19.4. The number of urea groups is 1. The predicted octanol–water partition coefficient (Wildman–Crippen LogP) is 6.62. The van der Waals surface area contributed by atoms with Gasteiger partial charge in [-0.3, -0.25) is 4.79 Å². The summed E-state index contributed by atoms with van der Waals surface area (Å²) in [6, 6.07) is 10.3. The first kappa shape index (κ1) is 27.5. The zero-order chi connectivity index (χ0) is 27.9. The van der Waals surface area contributed by atoms with Crippen LogP contribution in [0.25, 0.3) is 0 Å². The van der Waals surface area contributed by atoms with Crippen molar-refractivity contribution in [3.63, 3.8) is 0 Å². The molecule has 10 heteroatoms. The van der Waals surface area contributed by atoms with Crippen LogP contribution in [0.4, 0.5) is 23.7 Å². The fourth-order valence-corrected chi connectivity index (χ4v) is 5.58. The normalized spacial score (nSPS) is 22.6. The molecule has 4 rings (SSSR count). The number of carboxylic acid groups (broad SMARTS) is 1. The first-order valence-electron chi connectivity index (χ1n) is 12.5. The van der Waals surface area contributed by atoms with E-state index < -0.39 is 35.6 Å². The molecule has 2 fully saturated rings. The molecule has 0 atom stereocenters. The number of benzene rings is 2. The Morgan fingerprint density at radius 1 is 1.00 bits per heavy atom. The highest BCUT2D eigenvalue weighted by Gasteiger charge is 2.52. The average Bonchev–Trinajstić information content (AvgIpc) is 2.82. The van der Waals surface area contributed by atoms with E-state index in [4.69, 9.17) is 0 Å². The van der Waals surface area contributed by atoms with Gasteiger partial charge >= 0.3 is 18.4 Å². The van der Waals surface area contributed by atoms with Gasteiger partial charge in [-0.1, -0.05) is 32.9 Å². The number of hydrogen-bond donors (Lipinski definition) is 1. The van der Waals surface area contributed by atoms with E-state index in [1.165, 1.54) is 24.3 Å². The second-order valence-electron chi connectivity index (χ2n) is 11.2. The van der Waals surface area contributed by atoms with Gasteiger partial charge in [0.25, 0.3) is 0 Å². The molecule has 2 aliphatic rings. The number of amides is 3. The van der Waals surface area contributed by atoms with Gasteiger partial charge in [0.1, 0.15) is 5.75 Å². The monoisotopic (exact) mass is 532 g/mol. The summed E-state index contributed by atoms with van der Waals surface area (Å²) >= 11 is 0. The van der Waals surface area contributed by atoms with Gasteiger partial charge in [-0.05, 0) is 79.0 Å². The molecule has 2 aromatic carbocycles. The molecule has 0 aromatic heterocycles. The van der Waals surface area contributed by atoms with E-state index >= 15 is 0 Å². The molecule has 1 aliphatic heterocycles. The number of halogens is 3. The molecule has 204 valence electrons. The van der Waals surface area contributed by atoms with Crippen molar-refractivity contribution in [2.75, 3.05) is 4.90 Å². The molecule has 7 nitrogen and oxygen atoms in total. The molecule has 2 aromatic rings. The van der Waals surface area contributed by atoms with E-state index in [1.807, 2.05) is 0 Å². The number of anilines is 1. The fraction of sp³-hybridized carbons (Fsp3) is 0.464. The lowest BCUT2D eigenvalue weighted by Gasteiger charge is -2.53. The first-order chi connectivity index (χ1) is 17.7. The second kappa shape index (κ2) is 9.96. The molecule has 0 radical (unpaired) electrons. The molecular formula is C28H31F3N2O5. The molecule has 1 saturated carbocycles. The molecule has 0 unspecified atom stereocenters. The number of carboxylic acids is 1. The van der Waals surface area contributed by atoms with Crippen LogP contribution in [0.2, 0.25) is 0 Å². The highest BCUT2D eigenvalue weighted by Crippen LogP contribution is 2.48. The van der Waals surface area contributed by atoms with Gasteiger partial charge in [0.15, 0.2) is 0 Å². The Hall–Kier alpha value is -3.56. The molecule has 1 spiro atoms. The Morgan fingerprint density at radius 3 is 2.08 bits per heavy atom. The quantitative estimate of drug-likeness (QED) is 0.468. The minimum Gasteiger partial charge on any atom is -0.478 e. The van der Waals surface area contributed by atoms with Crippen molar-refractivity contribution in [3.05, 3.63) is 59.7 Å². The molecule has 1 heterocycles. The van der Waals surface area contributed by atoms with Gasteiger partial charge in [0.2, 0.25) is 5.91 Å². The summed E-state index contributed by atoms with van der Waals surface area (Å²) in [5, 5.41) is 9.22. The number of aromatic carboxylic acids is 1. The van der Waals surface area contributed by atoms with Crippen LogP contribution >= 0.6 is 0 Å². The van der Waals surface area contributed by atoms with Crippen LogP contribution in [0.5, 0.6) is 5.75 Å². The summed E-state index contributed by atoms with van der Waals surface area (Å²) in [7, 11) is 0. The van der Waals surface area contributed by atoms with Gasteiger partial charge in [-0.15, -0.1) is 13.2 Å². The SMILES string of the molecule is CC(C)(C)[C@H]1CC[C@]2(CC1)CC(=O)N(c1ccc(OC(F)(F)F)cc1)C(=O)N2Cc1ccc(C(=O)O)cc1. The number of rotatable bonds is 5. The van der Waals surface area contributed by atoms with Crippen molar-refractivity contribution in [3.8, 4) is 5.75 Å². The molecular weight excluding hydrogens is 501 g/mol. The Morgan fingerprint density at radius 2 is 1.58 bits per heavy atom. The third kappa shape index (κ3) is 5.79. The van der Waals surface area contributed by atoms with E-state index in [2.05, 4.69) is 25.5 Å². The van der Waals surface area contributed by atoms with Crippen LogP contribution in [-0.2, 0) is 11.3 Å². The third-order valence-corrected chi connectivity index (χ3v) is 7.74. The van der Waals surface area contributed by atoms with Crippen molar-refractivity contribution in [2.24, 2.45) is 11.3 Å². The van der Waals surface area contributed by atoms with Crippen LogP contribution in [0, 0.1) is 11.3 Å². The summed E-state index contributed by atoms with van der Waals surface area (Å²) in [6.07, 6.45) is -1.78. The average molecular weight is 533 g/mol. The van der Waals surface area contributed by atoms with Gasteiger partial charge in [0, 0.05) is 6.54 Å². The smallest absolute Gasteiger partial charge is 0.478 e. The van der Waals surface area contributed by atoms with Gasteiger partial charge in [-0.25, -0.2) is 14.5 Å². The number of nitrogens with zero attached hydrogens (tertiary/aromatic N) is 2. The predicted molar refractivity (Wildman–Crippen MR) is 134 cm³/mol. The van der Waals surface area contributed by atoms with E-state index in [0.717, 1.165) is 29.9 Å². The summed E-state index contributed by atoms with van der Waals surface area (Å²) in [4.78, 5) is 41.2. The standard InChI is InChI=1S/C28H31F3N2O5/c1-26(2,3)20-12-14-27(15-13-20)16-23(34)33(21-8-10-22(11-9-21)38-28(29,30)31)25(37)32(27)17-18-4-6-19(7-5-18)24(35)36/h4-11,20H,12-17H2,1-3H3,(H,35,36)/t20-,27-. The number of carbonyl (C=O) groups is 3. The Labute approximate surface area is 219 Å². The fourth-order valence-electron chi connectivity index (χ4n) is 5.58. The molecule has 1 saturated heterocycles. The maximum atomic E-state index is 13.9. The zero-order valence-corrected chi connectivity index (χ0v) is 21.5. The number of hydrogen-bond acceptors (Lipinski definition) is 4. The summed E-state index contributed by atoms with van der Waals surface area (Å²) < 4.78 is 41.6. The molecule has 0 bridgehead atoms. The minimum atomic E-state index is -4.86. The largest absolute Gasteiger partial charge is 0.573 e. The maximum Gasteiger partial charge on any atom is 0.573 e. The van der Waals surface area contributed by atoms with Crippen molar-refractivity contribution >= 4 is 23.6 Å². The van der Waals surface area contributed by atoms with E-state index in [-0.39, 0.29) is 29.6 Å². The molecule has 1 N–H and O–H groups in total. The van der Waals surface area contributed by atoms with Crippen molar-refractivity contribution < 1.29 is 37.4 Å². The van der Waals surface area contributed by atoms with Crippen LogP contribution in [0.1, 0.15) is 68.8 Å². The zero-order valence-electron chi connectivity index (χ0n) is 21.5. The van der Waals surface area contributed by atoms with Crippen molar-refractivity contribution in [2.45, 2.75) is 71.3 Å². The summed E-state index contributed by atoms with van der Waals surface area (Å²) in [5.41, 5.74) is 0.380. The number of imide groups is 1. The lowest BCUT2D eigenvalue weighted by atomic mass is 9.65. The minimum absolute atomic E-state index is 0.0869. The van der Waals surface area contributed by atoms with E-state index in [1.54, 1.807) is 17.0 Å². The topological polar surface area (TPSA) is 87.2 Å². The van der Waals surface area contributed by atoms with Crippen molar-refractivity contribution in [1.29, 1.82) is 0 Å². The van der Waals surface area contributed by atoms with Crippen LogP contribution in [-0.4, -0.2) is 39.8 Å². The van der Waals surface area contributed by atoms with Crippen LogP contribution < -0.4 is 9.64 Å². The van der Waals surface area contributed by atoms with Gasteiger partial charge < -0.3 is 14.7 Å². The maximum absolute atomic E-state index is 13.9. The summed E-state index contributed by atoms with van der Waals surface area (Å²) in [5.74, 6) is -1.48. The molecule has 38 heavy (non-hydrogen) atoms. The molecule has 3 amide bonds. The third-order valence-electron chi connectivity index (χ3n) is 7.74. The second-order valence-corrected chi connectivity index (χ2v) is 11.2. The van der Waals surface area contributed by atoms with E-state index in [0.29, 0.717) is 24.3 Å². The van der Waals surface area contributed by atoms with Crippen molar-refractivity contribution in [1.82, 2.24) is 4.90 Å². The number of alkyl halides is 3. The lowest BCUT2D eigenvalue weighted by molar-refractivity contribution is -0.274. The number of ether oxygens (including phenoxy) is 1. The van der Waals surface area contributed by atoms with Gasteiger partial charge in [-0.2, -0.15) is 0 Å². The Balaban J connectivity index is 1.65. The Kier molecular flexibility index (Phi) is 7.20. The molecule has 1 aliphatic carbocycles.